The summed E-state index contributed by atoms with van der Waals surface area (Å²) in [6, 6.07) is 3.61. The fourth-order valence-corrected chi connectivity index (χ4v) is 3.55. The molecule has 3 heterocycles. The van der Waals surface area contributed by atoms with E-state index in [4.69, 9.17) is 5.73 Å². The van der Waals surface area contributed by atoms with E-state index >= 15 is 0 Å². The van der Waals surface area contributed by atoms with Gasteiger partial charge in [0.25, 0.3) is 5.91 Å². The number of nitrogen functional groups attached to an aromatic ring is 1. The fourth-order valence-electron chi connectivity index (χ4n) is 2.53. The maximum atomic E-state index is 12.5. The summed E-state index contributed by atoms with van der Waals surface area (Å²) < 4.78 is 0. The topological polar surface area (TPSA) is 79.5 Å². The van der Waals surface area contributed by atoms with Crippen molar-refractivity contribution in [3.63, 3.8) is 0 Å². The van der Waals surface area contributed by atoms with Crippen LogP contribution in [0, 0.1) is 0 Å². The molecule has 1 saturated heterocycles. The summed E-state index contributed by atoms with van der Waals surface area (Å²) in [4.78, 5) is 19.8. The van der Waals surface area contributed by atoms with Gasteiger partial charge in [-0.1, -0.05) is 0 Å². The van der Waals surface area contributed by atoms with E-state index in [9.17, 15) is 9.90 Å². The first kappa shape index (κ1) is 12.4. The van der Waals surface area contributed by atoms with Gasteiger partial charge in [0.15, 0.2) is 0 Å². The van der Waals surface area contributed by atoms with Gasteiger partial charge in [-0.05, 0) is 25.0 Å². The normalized spacial score (nSPS) is 19.2. The number of carbonyl (C=O) groups is 1. The van der Waals surface area contributed by atoms with Crippen molar-refractivity contribution in [2.75, 3.05) is 18.9 Å². The Morgan fingerprint density at radius 2 is 2.47 bits per heavy atom. The van der Waals surface area contributed by atoms with Gasteiger partial charge in [0, 0.05) is 18.1 Å². The van der Waals surface area contributed by atoms with E-state index in [0.29, 0.717) is 17.1 Å². The molecule has 5 nitrogen and oxygen atoms in total. The fraction of sp³-hybridized carbons (Fsp3) is 0.385. The van der Waals surface area contributed by atoms with Crippen LogP contribution in [0.1, 0.15) is 22.5 Å². The van der Waals surface area contributed by atoms with Crippen molar-refractivity contribution in [3.05, 3.63) is 23.2 Å². The summed E-state index contributed by atoms with van der Waals surface area (Å²) in [5.74, 6) is -0.0861. The van der Waals surface area contributed by atoms with E-state index in [1.54, 1.807) is 11.1 Å². The molecular formula is C13H15N3O2S. The molecule has 100 valence electrons. The molecule has 3 N–H and O–H groups in total. The smallest absolute Gasteiger partial charge is 0.266 e. The summed E-state index contributed by atoms with van der Waals surface area (Å²) in [5.41, 5.74) is 6.56. The number of aliphatic hydroxyl groups is 1. The average molecular weight is 277 g/mol. The molecule has 1 aliphatic rings. The quantitative estimate of drug-likeness (QED) is 0.871. The number of carbonyl (C=O) groups excluding carboxylic acids is 1. The van der Waals surface area contributed by atoms with Crippen LogP contribution in [-0.4, -0.2) is 40.1 Å². The highest BCUT2D eigenvalue weighted by Crippen LogP contribution is 2.34. The Morgan fingerprint density at radius 1 is 1.63 bits per heavy atom. The van der Waals surface area contributed by atoms with E-state index in [2.05, 4.69) is 4.98 Å². The van der Waals surface area contributed by atoms with Crippen molar-refractivity contribution in [3.8, 4) is 0 Å². The largest absolute Gasteiger partial charge is 0.397 e. The van der Waals surface area contributed by atoms with E-state index in [1.165, 1.54) is 11.3 Å². The van der Waals surface area contributed by atoms with Gasteiger partial charge in [-0.25, -0.2) is 4.98 Å². The number of nitrogens with zero attached hydrogens (tertiary/aromatic N) is 2. The molecule has 0 bridgehead atoms. The molecule has 0 radical (unpaired) electrons. The minimum atomic E-state index is -0.0861. The van der Waals surface area contributed by atoms with Crippen LogP contribution in [0.2, 0.25) is 0 Å². The van der Waals surface area contributed by atoms with Crippen molar-refractivity contribution in [1.82, 2.24) is 9.88 Å². The number of hydrogen-bond acceptors (Lipinski definition) is 5. The van der Waals surface area contributed by atoms with Crippen LogP contribution >= 0.6 is 11.3 Å². The molecule has 1 unspecified atom stereocenters. The Hall–Kier alpha value is -1.66. The molecule has 0 spiro atoms. The number of amides is 1. The second-order valence-corrected chi connectivity index (χ2v) is 5.68. The van der Waals surface area contributed by atoms with Crippen molar-refractivity contribution in [2.45, 2.75) is 18.9 Å². The molecular weight excluding hydrogens is 262 g/mol. The highest BCUT2D eigenvalue weighted by molar-refractivity contribution is 7.21. The van der Waals surface area contributed by atoms with Crippen LogP contribution in [0.5, 0.6) is 0 Å². The van der Waals surface area contributed by atoms with Gasteiger partial charge in [-0.2, -0.15) is 0 Å². The average Bonchev–Trinajstić information content (AvgIpc) is 3.03. The third-order valence-electron chi connectivity index (χ3n) is 3.55. The number of aliphatic hydroxyl groups excluding tert-OH is 1. The van der Waals surface area contributed by atoms with Crippen molar-refractivity contribution < 1.29 is 9.90 Å². The maximum absolute atomic E-state index is 12.5. The first-order valence-corrected chi connectivity index (χ1v) is 7.09. The molecule has 2 aromatic rings. The lowest BCUT2D eigenvalue weighted by Crippen LogP contribution is -2.37. The number of aromatic nitrogens is 1. The number of fused-ring (bicyclic) bond motifs is 1. The third-order valence-corrected chi connectivity index (χ3v) is 4.67. The second-order valence-electron chi connectivity index (χ2n) is 4.68. The Balaban J connectivity index is 2.00. The number of likely N-dealkylation sites (tertiary alicyclic amines) is 1. The third kappa shape index (κ3) is 1.97. The van der Waals surface area contributed by atoms with Crippen LogP contribution in [0.25, 0.3) is 10.2 Å². The van der Waals surface area contributed by atoms with Crippen LogP contribution in [-0.2, 0) is 0 Å². The van der Waals surface area contributed by atoms with Gasteiger partial charge in [-0.15, -0.1) is 11.3 Å². The van der Waals surface area contributed by atoms with Gasteiger partial charge < -0.3 is 15.7 Å². The monoisotopic (exact) mass is 277 g/mol. The highest BCUT2D eigenvalue weighted by Gasteiger charge is 2.31. The minimum Gasteiger partial charge on any atom is -0.397 e. The van der Waals surface area contributed by atoms with Gasteiger partial charge >= 0.3 is 0 Å². The lowest BCUT2D eigenvalue weighted by atomic mass is 10.2. The number of nitrogens with two attached hydrogens (primary N) is 1. The van der Waals surface area contributed by atoms with Crippen LogP contribution < -0.4 is 5.73 Å². The van der Waals surface area contributed by atoms with Gasteiger partial charge in [0.2, 0.25) is 0 Å². The van der Waals surface area contributed by atoms with Crippen LogP contribution in [0.3, 0.4) is 0 Å². The maximum Gasteiger partial charge on any atom is 0.266 e. The molecule has 1 aliphatic heterocycles. The number of rotatable bonds is 2. The first-order valence-electron chi connectivity index (χ1n) is 6.27. The summed E-state index contributed by atoms with van der Waals surface area (Å²) in [6.07, 6.45) is 3.48. The predicted octanol–water partition coefficient (Wildman–Crippen LogP) is 1.48. The van der Waals surface area contributed by atoms with E-state index < -0.39 is 0 Å². The molecule has 1 fully saturated rings. The molecule has 6 heteroatoms. The van der Waals surface area contributed by atoms with Crippen LogP contribution in [0.4, 0.5) is 5.69 Å². The summed E-state index contributed by atoms with van der Waals surface area (Å²) in [5, 5.41) is 10.1. The lowest BCUT2D eigenvalue weighted by Gasteiger charge is -2.22. The van der Waals surface area contributed by atoms with Crippen molar-refractivity contribution in [1.29, 1.82) is 0 Å². The number of hydrogen-bond donors (Lipinski definition) is 2. The molecule has 2 aromatic heterocycles. The van der Waals surface area contributed by atoms with E-state index in [-0.39, 0.29) is 18.6 Å². The molecule has 0 aromatic carbocycles. The zero-order valence-corrected chi connectivity index (χ0v) is 11.2. The molecule has 19 heavy (non-hydrogen) atoms. The molecule has 1 atom stereocenters. The zero-order valence-electron chi connectivity index (χ0n) is 10.4. The van der Waals surface area contributed by atoms with E-state index in [0.717, 1.165) is 23.1 Å². The predicted molar refractivity (Wildman–Crippen MR) is 75.2 cm³/mol. The molecule has 3 rings (SSSR count). The first-order chi connectivity index (χ1) is 9.22. The van der Waals surface area contributed by atoms with E-state index in [1.807, 2.05) is 12.1 Å². The molecule has 1 amide bonds. The standard InChI is InChI=1S/C13H15N3O2S/c14-10-9-4-1-5-15-12(9)19-11(10)13(18)16-6-2-3-8(16)7-17/h1,4-5,8,17H,2-3,6-7,14H2. The summed E-state index contributed by atoms with van der Waals surface area (Å²) in [6.45, 7) is 0.694. The Kier molecular flexibility index (Phi) is 3.12. The summed E-state index contributed by atoms with van der Waals surface area (Å²) >= 11 is 1.32. The zero-order chi connectivity index (χ0) is 13.4. The van der Waals surface area contributed by atoms with Gasteiger partial charge in [-0.3, -0.25) is 4.79 Å². The van der Waals surface area contributed by atoms with Gasteiger partial charge in [0.1, 0.15) is 9.71 Å². The highest BCUT2D eigenvalue weighted by atomic mass is 32.1. The van der Waals surface area contributed by atoms with Gasteiger partial charge in [0.05, 0.1) is 18.3 Å². The number of anilines is 1. The van der Waals surface area contributed by atoms with Crippen molar-refractivity contribution in [2.24, 2.45) is 0 Å². The lowest BCUT2D eigenvalue weighted by molar-refractivity contribution is 0.0683. The Bertz CT molecular complexity index is 625. The Morgan fingerprint density at radius 3 is 3.21 bits per heavy atom. The number of pyridine rings is 1. The SMILES string of the molecule is Nc1c(C(=O)N2CCCC2CO)sc2ncccc12. The molecule has 0 saturated carbocycles. The number of thiophene rings is 1. The minimum absolute atomic E-state index is 0.00872. The van der Waals surface area contributed by atoms with Crippen molar-refractivity contribution >= 4 is 33.1 Å². The second kappa shape index (κ2) is 4.79. The van der Waals surface area contributed by atoms with Crippen LogP contribution in [0.15, 0.2) is 18.3 Å². The molecule has 0 aliphatic carbocycles. The Labute approximate surface area is 114 Å². The summed E-state index contributed by atoms with van der Waals surface area (Å²) in [7, 11) is 0.